The average molecular weight is 142 g/mol. The van der Waals surface area contributed by atoms with Crippen molar-refractivity contribution in [3.63, 3.8) is 0 Å². The third kappa shape index (κ3) is 1.51. The number of aliphatic hydroxyl groups is 1. The molecule has 2 atom stereocenters. The summed E-state index contributed by atoms with van der Waals surface area (Å²) in [5, 5.41) is 9.58. The van der Waals surface area contributed by atoms with Crippen LogP contribution >= 0.6 is 0 Å². The van der Waals surface area contributed by atoms with Gasteiger partial charge < -0.3 is 5.11 Å². The predicted molar refractivity (Wildman–Crippen MR) is 42.7 cm³/mol. The van der Waals surface area contributed by atoms with Crippen molar-refractivity contribution in [3.8, 4) is 0 Å². The van der Waals surface area contributed by atoms with E-state index in [1.54, 1.807) is 0 Å². The highest BCUT2D eigenvalue weighted by atomic mass is 16.3. The van der Waals surface area contributed by atoms with Gasteiger partial charge in [-0.05, 0) is 38.0 Å². The number of hydrogen-bond donors (Lipinski definition) is 1. The topological polar surface area (TPSA) is 20.2 Å². The first kappa shape index (κ1) is 8.06. The van der Waals surface area contributed by atoms with Crippen LogP contribution in [0, 0.1) is 17.8 Å². The van der Waals surface area contributed by atoms with Crippen molar-refractivity contribution in [1.29, 1.82) is 0 Å². The van der Waals surface area contributed by atoms with Gasteiger partial charge in [0.1, 0.15) is 0 Å². The third-order valence-corrected chi connectivity index (χ3v) is 2.60. The van der Waals surface area contributed by atoms with E-state index in [-0.39, 0.29) is 0 Å². The molecule has 0 amide bonds. The Labute approximate surface area is 63.4 Å². The summed E-state index contributed by atoms with van der Waals surface area (Å²) in [6, 6.07) is 0. The molecule has 0 heterocycles. The van der Waals surface area contributed by atoms with Crippen molar-refractivity contribution in [2.45, 2.75) is 39.7 Å². The minimum Gasteiger partial charge on any atom is -0.390 e. The Kier molecular flexibility index (Phi) is 1.80. The van der Waals surface area contributed by atoms with Crippen molar-refractivity contribution in [2.24, 2.45) is 17.8 Å². The molecule has 10 heavy (non-hydrogen) atoms. The molecule has 1 aliphatic carbocycles. The van der Waals surface area contributed by atoms with E-state index in [1.807, 2.05) is 13.8 Å². The summed E-state index contributed by atoms with van der Waals surface area (Å²) in [6.45, 7) is 8.30. The molecule has 1 fully saturated rings. The molecule has 60 valence electrons. The van der Waals surface area contributed by atoms with Crippen LogP contribution in [0.1, 0.15) is 34.1 Å². The Bertz CT molecular complexity index is 121. The summed E-state index contributed by atoms with van der Waals surface area (Å²) < 4.78 is 0. The standard InChI is InChI=1S/C9H18O/c1-6(2)7-5-8(7)9(3,4)10/h6-8,10H,5H2,1-4H3/t7-,8+/m1/s1. The molecule has 0 spiro atoms. The van der Waals surface area contributed by atoms with Crippen molar-refractivity contribution in [2.75, 3.05) is 0 Å². The van der Waals surface area contributed by atoms with E-state index < -0.39 is 5.60 Å². The second-order valence-corrected chi connectivity index (χ2v) is 4.40. The van der Waals surface area contributed by atoms with E-state index in [4.69, 9.17) is 0 Å². The Morgan fingerprint density at radius 1 is 1.40 bits per heavy atom. The molecule has 1 rings (SSSR count). The van der Waals surface area contributed by atoms with Gasteiger partial charge in [-0.2, -0.15) is 0 Å². The van der Waals surface area contributed by atoms with Crippen LogP contribution in [0.3, 0.4) is 0 Å². The molecular formula is C9H18O. The van der Waals surface area contributed by atoms with Gasteiger partial charge in [-0.25, -0.2) is 0 Å². The molecule has 1 N–H and O–H groups in total. The summed E-state index contributed by atoms with van der Waals surface area (Å²) >= 11 is 0. The lowest BCUT2D eigenvalue weighted by Crippen LogP contribution is -2.23. The second-order valence-electron chi connectivity index (χ2n) is 4.40. The van der Waals surface area contributed by atoms with Gasteiger partial charge in [0.2, 0.25) is 0 Å². The van der Waals surface area contributed by atoms with E-state index in [0.717, 1.165) is 11.8 Å². The van der Waals surface area contributed by atoms with Gasteiger partial charge in [0.15, 0.2) is 0 Å². The molecule has 0 aromatic rings. The quantitative estimate of drug-likeness (QED) is 0.625. The Hall–Kier alpha value is -0.0400. The first-order valence-corrected chi connectivity index (χ1v) is 4.15. The van der Waals surface area contributed by atoms with E-state index >= 15 is 0 Å². The van der Waals surface area contributed by atoms with Gasteiger partial charge >= 0.3 is 0 Å². The lowest BCUT2D eigenvalue weighted by Gasteiger charge is -2.17. The summed E-state index contributed by atoms with van der Waals surface area (Å²) in [4.78, 5) is 0. The Balaban J connectivity index is 2.39. The summed E-state index contributed by atoms with van der Waals surface area (Å²) in [7, 11) is 0. The van der Waals surface area contributed by atoms with Gasteiger partial charge in [0.25, 0.3) is 0 Å². The van der Waals surface area contributed by atoms with Crippen LogP contribution in [0.4, 0.5) is 0 Å². The Morgan fingerprint density at radius 2 is 1.90 bits per heavy atom. The van der Waals surface area contributed by atoms with E-state index in [2.05, 4.69) is 13.8 Å². The maximum atomic E-state index is 9.58. The SMILES string of the molecule is CC(C)[C@H]1C[C@@H]1C(C)(C)O. The summed E-state index contributed by atoms with van der Waals surface area (Å²) in [5.41, 5.74) is -0.436. The fraction of sp³-hybridized carbons (Fsp3) is 1.00. The van der Waals surface area contributed by atoms with Crippen LogP contribution < -0.4 is 0 Å². The molecule has 0 aliphatic heterocycles. The monoisotopic (exact) mass is 142 g/mol. The number of rotatable bonds is 2. The van der Waals surface area contributed by atoms with E-state index in [1.165, 1.54) is 6.42 Å². The first-order chi connectivity index (χ1) is 4.43. The van der Waals surface area contributed by atoms with Gasteiger partial charge in [-0.15, -0.1) is 0 Å². The second kappa shape index (κ2) is 2.23. The van der Waals surface area contributed by atoms with Crippen molar-refractivity contribution in [1.82, 2.24) is 0 Å². The highest BCUT2D eigenvalue weighted by Gasteiger charge is 2.47. The first-order valence-electron chi connectivity index (χ1n) is 4.15. The average Bonchev–Trinajstić information content (AvgIpc) is 2.35. The van der Waals surface area contributed by atoms with Crippen molar-refractivity contribution >= 4 is 0 Å². The van der Waals surface area contributed by atoms with Gasteiger partial charge in [0, 0.05) is 0 Å². The Morgan fingerprint density at radius 3 is 2.00 bits per heavy atom. The normalized spacial score (nSPS) is 33.0. The van der Waals surface area contributed by atoms with Crippen LogP contribution in [0.5, 0.6) is 0 Å². The third-order valence-electron chi connectivity index (χ3n) is 2.60. The van der Waals surface area contributed by atoms with E-state index in [9.17, 15) is 5.11 Å². The zero-order valence-corrected chi connectivity index (χ0v) is 7.39. The fourth-order valence-corrected chi connectivity index (χ4v) is 1.76. The molecule has 1 heteroatoms. The lowest BCUT2D eigenvalue weighted by atomic mass is 9.97. The number of hydrogen-bond acceptors (Lipinski definition) is 1. The molecule has 0 aromatic heterocycles. The molecule has 1 nitrogen and oxygen atoms in total. The molecule has 0 saturated heterocycles. The summed E-state index contributed by atoms with van der Waals surface area (Å²) in [6.07, 6.45) is 1.22. The van der Waals surface area contributed by atoms with E-state index in [0.29, 0.717) is 5.92 Å². The molecule has 0 unspecified atom stereocenters. The molecule has 0 bridgehead atoms. The van der Waals surface area contributed by atoms with Crippen LogP contribution in [-0.4, -0.2) is 10.7 Å². The van der Waals surface area contributed by atoms with Crippen molar-refractivity contribution < 1.29 is 5.11 Å². The molecular weight excluding hydrogens is 124 g/mol. The van der Waals surface area contributed by atoms with Gasteiger partial charge in [-0.3, -0.25) is 0 Å². The lowest BCUT2D eigenvalue weighted by molar-refractivity contribution is 0.0482. The molecule has 0 aromatic carbocycles. The maximum absolute atomic E-state index is 9.58. The molecule has 0 radical (unpaired) electrons. The molecule has 1 aliphatic rings. The smallest absolute Gasteiger partial charge is 0.0622 e. The largest absolute Gasteiger partial charge is 0.390 e. The van der Waals surface area contributed by atoms with Gasteiger partial charge in [0.05, 0.1) is 5.60 Å². The van der Waals surface area contributed by atoms with Gasteiger partial charge in [-0.1, -0.05) is 13.8 Å². The maximum Gasteiger partial charge on any atom is 0.0622 e. The van der Waals surface area contributed by atoms with Crippen LogP contribution in [0.25, 0.3) is 0 Å². The molecule has 1 saturated carbocycles. The summed E-state index contributed by atoms with van der Waals surface area (Å²) in [5.74, 6) is 2.09. The fourth-order valence-electron chi connectivity index (χ4n) is 1.76. The van der Waals surface area contributed by atoms with Crippen molar-refractivity contribution in [3.05, 3.63) is 0 Å². The van der Waals surface area contributed by atoms with Crippen LogP contribution in [-0.2, 0) is 0 Å². The zero-order chi connectivity index (χ0) is 7.94. The zero-order valence-electron chi connectivity index (χ0n) is 7.39. The minimum atomic E-state index is -0.436. The highest BCUT2D eigenvalue weighted by molar-refractivity contribution is 4.97. The highest BCUT2D eigenvalue weighted by Crippen LogP contribution is 2.50. The van der Waals surface area contributed by atoms with Crippen LogP contribution in [0.2, 0.25) is 0 Å². The minimum absolute atomic E-state index is 0.436. The predicted octanol–water partition coefficient (Wildman–Crippen LogP) is 2.05. The van der Waals surface area contributed by atoms with Crippen LogP contribution in [0.15, 0.2) is 0 Å².